The second-order valence-electron chi connectivity index (χ2n) is 6.33. The van der Waals surface area contributed by atoms with Crippen molar-refractivity contribution < 1.29 is 19.1 Å². The van der Waals surface area contributed by atoms with Gasteiger partial charge in [-0.3, -0.25) is 25.2 Å². The molecule has 0 saturated heterocycles. The van der Waals surface area contributed by atoms with E-state index in [1.807, 2.05) is 39.0 Å². The predicted octanol–water partition coefficient (Wildman–Crippen LogP) is 2.88. The molecule has 2 aromatic carbocycles. The fourth-order valence-electron chi connectivity index (χ4n) is 2.52. The van der Waals surface area contributed by atoms with Crippen LogP contribution in [0.25, 0.3) is 0 Å². The van der Waals surface area contributed by atoms with Crippen LogP contribution in [-0.4, -0.2) is 24.3 Å². The minimum absolute atomic E-state index is 0.0120. The molecule has 148 valence electrons. The Labute approximate surface area is 164 Å². The number of benzene rings is 2. The normalized spacial score (nSPS) is 10.1. The molecule has 0 aliphatic carbocycles. The van der Waals surface area contributed by atoms with Gasteiger partial charge in [-0.1, -0.05) is 17.7 Å². The van der Waals surface area contributed by atoms with Crippen molar-refractivity contribution in [2.24, 2.45) is 0 Å². The SMILES string of the molecule is CCOc1ccc(C(=O)NNC(=O)CCC(=O)Nc2ccc(C)cc2C)cc1. The minimum Gasteiger partial charge on any atom is -0.494 e. The van der Waals surface area contributed by atoms with Crippen molar-refractivity contribution in [1.82, 2.24) is 10.9 Å². The van der Waals surface area contributed by atoms with Crippen LogP contribution < -0.4 is 20.9 Å². The van der Waals surface area contributed by atoms with Crippen molar-refractivity contribution in [1.29, 1.82) is 0 Å². The van der Waals surface area contributed by atoms with E-state index in [1.54, 1.807) is 24.3 Å². The van der Waals surface area contributed by atoms with Crippen LogP contribution in [-0.2, 0) is 9.59 Å². The maximum atomic E-state index is 12.0. The molecule has 7 heteroatoms. The Morgan fingerprint density at radius 2 is 1.57 bits per heavy atom. The van der Waals surface area contributed by atoms with Crippen LogP contribution in [0.1, 0.15) is 41.3 Å². The molecule has 28 heavy (non-hydrogen) atoms. The molecule has 0 heterocycles. The zero-order chi connectivity index (χ0) is 20.5. The second-order valence-corrected chi connectivity index (χ2v) is 6.33. The van der Waals surface area contributed by atoms with Crippen molar-refractivity contribution in [3.63, 3.8) is 0 Å². The summed E-state index contributed by atoms with van der Waals surface area (Å²) in [6.07, 6.45) is -0.0294. The van der Waals surface area contributed by atoms with E-state index in [-0.39, 0.29) is 18.7 Å². The van der Waals surface area contributed by atoms with Crippen LogP contribution in [0.15, 0.2) is 42.5 Å². The van der Waals surface area contributed by atoms with Crippen LogP contribution in [0.5, 0.6) is 5.75 Å². The first-order valence-corrected chi connectivity index (χ1v) is 9.08. The lowest BCUT2D eigenvalue weighted by atomic mass is 10.1. The zero-order valence-electron chi connectivity index (χ0n) is 16.3. The number of carbonyl (C=O) groups excluding carboxylic acids is 3. The first-order chi connectivity index (χ1) is 13.4. The molecule has 0 unspecified atom stereocenters. The van der Waals surface area contributed by atoms with Crippen molar-refractivity contribution in [3.05, 3.63) is 59.2 Å². The number of nitrogens with one attached hydrogen (secondary N) is 3. The summed E-state index contributed by atoms with van der Waals surface area (Å²) >= 11 is 0. The second kappa shape index (κ2) is 10.1. The van der Waals surface area contributed by atoms with E-state index in [9.17, 15) is 14.4 Å². The van der Waals surface area contributed by atoms with Gasteiger partial charge in [0.2, 0.25) is 11.8 Å². The van der Waals surface area contributed by atoms with Gasteiger partial charge in [-0.15, -0.1) is 0 Å². The standard InChI is InChI=1S/C21H25N3O4/c1-4-28-17-8-6-16(7-9-17)21(27)24-23-20(26)12-11-19(25)22-18-10-5-14(2)13-15(18)3/h5-10,13H,4,11-12H2,1-3H3,(H,22,25)(H,23,26)(H,24,27). The number of hydrogen-bond acceptors (Lipinski definition) is 4. The van der Waals surface area contributed by atoms with E-state index >= 15 is 0 Å². The van der Waals surface area contributed by atoms with Crippen LogP contribution in [0, 0.1) is 13.8 Å². The van der Waals surface area contributed by atoms with Gasteiger partial charge in [0.15, 0.2) is 0 Å². The molecule has 0 atom stereocenters. The highest BCUT2D eigenvalue weighted by molar-refractivity contribution is 5.96. The number of ether oxygens (including phenoxy) is 1. The van der Waals surface area contributed by atoms with Gasteiger partial charge in [-0.05, 0) is 56.7 Å². The van der Waals surface area contributed by atoms with Crippen LogP contribution in [0.2, 0.25) is 0 Å². The van der Waals surface area contributed by atoms with Crippen molar-refractivity contribution >= 4 is 23.4 Å². The molecule has 3 N–H and O–H groups in total. The van der Waals surface area contributed by atoms with E-state index in [4.69, 9.17) is 4.74 Å². The summed E-state index contributed by atoms with van der Waals surface area (Å²) in [7, 11) is 0. The van der Waals surface area contributed by atoms with Crippen molar-refractivity contribution in [3.8, 4) is 5.75 Å². The number of carbonyl (C=O) groups is 3. The number of anilines is 1. The summed E-state index contributed by atoms with van der Waals surface area (Å²) in [5.74, 6) is -0.496. The molecule has 0 saturated carbocycles. The average Bonchev–Trinajstić information content (AvgIpc) is 2.67. The molecule has 0 bridgehead atoms. The Bertz CT molecular complexity index is 847. The molecule has 2 aromatic rings. The molecule has 0 radical (unpaired) electrons. The van der Waals surface area contributed by atoms with Gasteiger partial charge in [0.1, 0.15) is 5.75 Å². The third kappa shape index (κ3) is 6.42. The topological polar surface area (TPSA) is 96.5 Å². The molecule has 0 aliphatic heterocycles. The van der Waals surface area contributed by atoms with Crippen LogP contribution in [0.3, 0.4) is 0 Å². The third-order valence-electron chi connectivity index (χ3n) is 3.98. The largest absolute Gasteiger partial charge is 0.494 e. The molecule has 3 amide bonds. The monoisotopic (exact) mass is 383 g/mol. The van der Waals surface area contributed by atoms with Gasteiger partial charge in [-0.25, -0.2) is 0 Å². The van der Waals surface area contributed by atoms with Gasteiger partial charge in [-0.2, -0.15) is 0 Å². The fraction of sp³-hybridized carbons (Fsp3) is 0.286. The maximum absolute atomic E-state index is 12.0. The number of amides is 3. The lowest BCUT2D eigenvalue weighted by molar-refractivity contribution is -0.124. The molecule has 0 fully saturated rings. The van der Waals surface area contributed by atoms with E-state index in [2.05, 4.69) is 16.2 Å². The first kappa shape index (κ1) is 21.0. The Morgan fingerprint density at radius 1 is 0.893 bits per heavy atom. The van der Waals surface area contributed by atoms with E-state index in [0.717, 1.165) is 16.8 Å². The summed E-state index contributed by atoms with van der Waals surface area (Å²) < 4.78 is 5.31. The Morgan fingerprint density at radius 3 is 2.21 bits per heavy atom. The maximum Gasteiger partial charge on any atom is 0.269 e. The fourth-order valence-corrected chi connectivity index (χ4v) is 2.52. The number of hydrogen-bond donors (Lipinski definition) is 3. The van der Waals surface area contributed by atoms with Crippen LogP contribution >= 0.6 is 0 Å². The third-order valence-corrected chi connectivity index (χ3v) is 3.98. The predicted molar refractivity (Wildman–Crippen MR) is 107 cm³/mol. The Balaban J connectivity index is 1.74. The quantitative estimate of drug-likeness (QED) is 0.641. The molecule has 2 rings (SSSR count). The summed E-state index contributed by atoms with van der Waals surface area (Å²) in [5.41, 5.74) is 7.81. The molecule has 0 spiro atoms. The minimum atomic E-state index is -0.449. The molecular formula is C21H25N3O4. The van der Waals surface area contributed by atoms with Gasteiger partial charge in [0.25, 0.3) is 5.91 Å². The molecular weight excluding hydrogens is 358 g/mol. The summed E-state index contributed by atoms with van der Waals surface area (Å²) in [6, 6.07) is 12.3. The van der Waals surface area contributed by atoms with E-state index in [0.29, 0.717) is 17.9 Å². The number of rotatable bonds is 7. The van der Waals surface area contributed by atoms with Gasteiger partial charge < -0.3 is 10.1 Å². The average molecular weight is 383 g/mol. The number of hydrazine groups is 1. The Kier molecular flexibility index (Phi) is 7.56. The van der Waals surface area contributed by atoms with Gasteiger partial charge in [0, 0.05) is 24.1 Å². The molecule has 0 aliphatic rings. The summed E-state index contributed by atoms with van der Waals surface area (Å²) in [4.78, 5) is 35.9. The van der Waals surface area contributed by atoms with E-state index < -0.39 is 11.8 Å². The lowest BCUT2D eigenvalue weighted by Gasteiger charge is -2.10. The zero-order valence-corrected chi connectivity index (χ0v) is 16.3. The van der Waals surface area contributed by atoms with E-state index in [1.165, 1.54) is 0 Å². The lowest BCUT2D eigenvalue weighted by Crippen LogP contribution is -2.41. The summed E-state index contributed by atoms with van der Waals surface area (Å²) in [5, 5.41) is 2.78. The van der Waals surface area contributed by atoms with Gasteiger partial charge >= 0.3 is 0 Å². The molecule has 0 aromatic heterocycles. The van der Waals surface area contributed by atoms with Crippen LogP contribution in [0.4, 0.5) is 5.69 Å². The number of aryl methyl sites for hydroxylation is 2. The van der Waals surface area contributed by atoms with Crippen molar-refractivity contribution in [2.75, 3.05) is 11.9 Å². The Hall–Kier alpha value is -3.35. The highest BCUT2D eigenvalue weighted by atomic mass is 16.5. The molecule has 7 nitrogen and oxygen atoms in total. The summed E-state index contributed by atoms with van der Waals surface area (Å²) in [6.45, 7) is 6.30. The highest BCUT2D eigenvalue weighted by Crippen LogP contribution is 2.16. The first-order valence-electron chi connectivity index (χ1n) is 9.08. The van der Waals surface area contributed by atoms with Gasteiger partial charge in [0.05, 0.1) is 6.61 Å². The van der Waals surface area contributed by atoms with Crippen molar-refractivity contribution in [2.45, 2.75) is 33.6 Å². The smallest absolute Gasteiger partial charge is 0.269 e. The highest BCUT2D eigenvalue weighted by Gasteiger charge is 2.11.